The van der Waals surface area contributed by atoms with Crippen molar-refractivity contribution in [3.8, 4) is 0 Å². The Balaban J connectivity index is 1.69. The summed E-state index contributed by atoms with van der Waals surface area (Å²) in [6.07, 6.45) is 4.51. The van der Waals surface area contributed by atoms with Gasteiger partial charge in [0.2, 0.25) is 0 Å². The zero-order valence-corrected chi connectivity index (χ0v) is 14.2. The lowest BCUT2D eigenvalue weighted by molar-refractivity contribution is 0.0540. The van der Waals surface area contributed by atoms with Gasteiger partial charge in [0.05, 0.1) is 22.7 Å². The molecule has 1 aliphatic carbocycles. The number of rotatable bonds is 5. The Morgan fingerprint density at radius 2 is 2.21 bits per heavy atom. The smallest absolute Gasteiger partial charge is 0.259 e. The second kappa shape index (κ2) is 6.16. The first kappa shape index (κ1) is 15.6. The molecular weight excluding hydrogens is 306 g/mol. The zero-order chi connectivity index (χ0) is 16.7. The number of carbonyl (C=O) groups is 1. The molecule has 2 aliphatic rings. The SMILES string of the molecule is CCN(C[C@H]1CCCO1)C(=O)c1cc(C2CC2)nc2onc(C)c12. The molecule has 0 aromatic carbocycles. The van der Waals surface area contributed by atoms with Crippen LogP contribution in [0.1, 0.15) is 60.3 Å². The third-order valence-electron chi connectivity index (χ3n) is 4.98. The molecule has 0 radical (unpaired) electrons. The number of aromatic nitrogens is 2. The van der Waals surface area contributed by atoms with Gasteiger partial charge >= 0.3 is 0 Å². The van der Waals surface area contributed by atoms with Gasteiger partial charge in [-0.05, 0) is 45.6 Å². The van der Waals surface area contributed by atoms with Crippen molar-refractivity contribution in [1.29, 1.82) is 0 Å². The van der Waals surface area contributed by atoms with Crippen molar-refractivity contribution >= 4 is 17.0 Å². The highest BCUT2D eigenvalue weighted by atomic mass is 16.5. The van der Waals surface area contributed by atoms with E-state index in [1.807, 2.05) is 24.8 Å². The van der Waals surface area contributed by atoms with Gasteiger partial charge in [-0.1, -0.05) is 5.16 Å². The van der Waals surface area contributed by atoms with Crippen molar-refractivity contribution in [2.75, 3.05) is 19.7 Å². The molecule has 1 amide bonds. The number of nitrogens with zero attached hydrogens (tertiary/aromatic N) is 3. The molecule has 1 saturated carbocycles. The Morgan fingerprint density at radius 3 is 2.88 bits per heavy atom. The molecule has 1 atom stereocenters. The van der Waals surface area contributed by atoms with Crippen molar-refractivity contribution in [2.24, 2.45) is 0 Å². The molecule has 1 saturated heterocycles. The largest absolute Gasteiger partial charge is 0.376 e. The fourth-order valence-electron chi connectivity index (χ4n) is 3.43. The summed E-state index contributed by atoms with van der Waals surface area (Å²) in [5, 5.41) is 4.76. The highest BCUT2D eigenvalue weighted by molar-refractivity contribution is 6.06. The van der Waals surface area contributed by atoms with Gasteiger partial charge in [0.1, 0.15) is 0 Å². The number of fused-ring (bicyclic) bond motifs is 1. The van der Waals surface area contributed by atoms with Crippen molar-refractivity contribution in [1.82, 2.24) is 15.0 Å². The van der Waals surface area contributed by atoms with Crippen LogP contribution < -0.4 is 0 Å². The minimum absolute atomic E-state index is 0.0219. The Hall–Kier alpha value is -1.95. The molecule has 24 heavy (non-hydrogen) atoms. The summed E-state index contributed by atoms with van der Waals surface area (Å²) < 4.78 is 11.1. The van der Waals surface area contributed by atoms with Crippen LogP contribution in [0.5, 0.6) is 0 Å². The van der Waals surface area contributed by atoms with E-state index in [-0.39, 0.29) is 12.0 Å². The molecule has 2 aromatic rings. The molecule has 0 bridgehead atoms. The molecule has 2 aromatic heterocycles. The first-order valence-corrected chi connectivity index (χ1v) is 8.85. The maximum atomic E-state index is 13.2. The van der Waals surface area contributed by atoms with E-state index in [2.05, 4.69) is 10.1 Å². The first-order valence-electron chi connectivity index (χ1n) is 8.85. The summed E-state index contributed by atoms with van der Waals surface area (Å²) in [6.45, 7) is 5.96. The Bertz CT molecular complexity index is 760. The van der Waals surface area contributed by atoms with Crippen LogP contribution in [0.3, 0.4) is 0 Å². The minimum atomic E-state index is 0.0219. The predicted molar refractivity (Wildman–Crippen MR) is 89.1 cm³/mol. The topological polar surface area (TPSA) is 68.5 Å². The summed E-state index contributed by atoms with van der Waals surface area (Å²) in [5.41, 5.74) is 2.82. The third-order valence-corrected chi connectivity index (χ3v) is 4.98. The number of likely N-dealkylation sites (N-methyl/N-ethyl adjacent to an activating group) is 1. The maximum absolute atomic E-state index is 13.2. The molecule has 0 N–H and O–H groups in total. The van der Waals surface area contributed by atoms with Crippen LogP contribution in [-0.4, -0.2) is 46.7 Å². The fourth-order valence-corrected chi connectivity index (χ4v) is 3.43. The number of amides is 1. The molecule has 3 heterocycles. The lowest BCUT2D eigenvalue weighted by Crippen LogP contribution is -2.37. The first-order chi connectivity index (χ1) is 11.7. The second-order valence-corrected chi connectivity index (χ2v) is 6.80. The van der Waals surface area contributed by atoms with E-state index in [9.17, 15) is 4.79 Å². The number of pyridine rings is 1. The number of ether oxygens (including phenoxy) is 1. The standard InChI is InChI=1S/C18H23N3O3/c1-3-21(10-13-5-4-8-23-13)18(22)14-9-15(12-6-7-12)19-17-16(14)11(2)20-24-17/h9,12-13H,3-8,10H2,1-2H3/t13-/m1/s1. The average Bonchev–Trinajstić information content (AvgIpc) is 3.20. The molecule has 0 unspecified atom stereocenters. The lowest BCUT2D eigenvalue weighted by Gasteiger charge is -2.24. The Labute approximate surface area is 141 Å². The fraction of sp³-hybridized carbons (Fsp3) is 0.611. The third kappa shape index (κ3) is 2.79. The maximum Gasteiger partial charge on any atom is 0.259 e. The predicted octanol–water partition coefficient (Wildman–Crippen LogP) is 3.05. The van der Waals surface area contributed by atoms with Gasteiger partial charge in [-0.15, -0.1) is 0 Å². The van der Waals surface area contributed by atoms with Crippen LogP contribution in [0.25, 0.3) is 11.1 Å². The van der Waals surface area contributed by atoms with E-state index in [1.54, 1.807) is 0 Å². The minimum Gasteiger partial charge on any atom is -0.376 e. The van der Waals surface area contributed by atoms with Crippen molar-refractivity contribution in [3.05, 3.63) is 23.0 Å². The van der Waals surface area contributed by atoms with E-state index in [4.69, 9.17) is 9.26 Å². The molecule has 128 valence electrons. The van der Waals surface area contributed by atoms with E-state index in [1.165, 1.54) is 0 Å². The summed E-state index contributed by atoms with van der Waals surface area (Å²) in [7, 11) is 0. The van der Waals surface area contributed by atoms with Gasteiger partial charge in [-0.3, -0.25) is 4.79 Å². The second-order valence-electron chi connectivity index (χ2n) is 6.80. The molecule has 1 aliphatic heterocycles. The number of hydrogen-bond donors (Lipinski definition) is 0. The van der Waals surface area contributed by atoms with Crippen molar-refractivity contribution in [2.45, 2.75) is 51.6 Å². The van der Waals surface area contributed by atoms with Gasteiger partial charge in [0, 0.05) is 31.3 Å². The van der Waals surface area contributed by atoms with Crippen molar-refractivity contribution in [3.63, 3.8) is 0 Å². The van der Waals surface area contributed by atoms with Crippen LogP contribution in [0, 0.1) is 6.92 Å². The monoisotopic (exact) mass is 329 g/mol. The zero-order valence-electron chi connectivity index (χ0n) is 14.2. The molecular formula is C18H23N3O3. The number of aryl methyl sites for hydroxylation is 1. The van der Waals surface area contributed by atoms with Crippen LogP contribution in [0.2, 0.25) is 0 Å². The van der Waals surface area contributed by atoms with Gasteiger partial charge in [0.15, 0.2) is 0 Å². The van der Waals surface area contributed by atoms with Crippen LogP contribution in [0.15, 0.2) is 10.6 Å². The quantitative estimate of drug-likeness (QED) is 0.843. The van der Waals surface area contributed by atoms with Gasteiger partial charge in [0.25, 0.3) is 11.6 Å². The van der Waals surface area contributed by atoms with Crippen LogP contribution in [0.4, 0.5) is 0 Å². The molecule has 4 rings (SSSR count). The number of hydrogen-bond acceptors (Lipinski definition) is 5. The molecule has 6 nitrogen and oxygen atoms in total. The van der Waals surface area contributed by atoms with Crippen LogP contribution >= 0.6 is 0 Å². The highest BCUT2D eigenvalue weighted by Crippen LogP contribution is 2.40. The average molecular weight is 329 g/mol. The highest BCUT2D eigenvalue weighted by Gasteiger charge is 2.30. The van der Waals surface area contributed by atoms with Crippen molar-refractivity contribution < 1.29 is 14.1 Å². The Kier molecular flexibility index (Phi) is 4.00. The summed E-state index contributed by atoms with van der Waals surface area (Å²) in [4.78, 5) is 19.6. The normalized spacial score (nSPS) is 20.7. The van der Waals surface area contributed by atoms with E-state index >= 15 is 0 Å². The summed E-state index contributed by atoms with van der Waals surface area (Å²) >= 11 is 0. The lowest BCUT2D eigenvalue weighted by atomic mass is 10.1. The van der Waals surface area contributed by atoms with Gasteiger partial charge in [-0.2, -0.15) is 0 Å². The summed E-state index contributed by atoms with van der Waals surface area (Å²) in [5.74, 6) is 0.480. The van der Waals surface area contributed by atoms with Gasteiger partial charge < -0.3 is 14.2 Å². The summed E-state index contributed by atoms with van der Waals surface area (Å²) in [6, 6.07) is 1.95. The molecule has 0 spiro atoms. The van der Waals surface area contributed by atoms with Crippen LogP contribution in [-0.2, 0) is 4.74 Å². The number of carbonyl (C=O) groups excluding carboxylic acids is 1. The van der Waals surface area contributed by atoms with Gasteiger partial charge in [-0.25, -0.2) is 4.98 Å². The van der Waals surface area contributed by atoms with E-state index < -0.39 is 0 Å². The molecule has 6 heteroatoms. The van der Waals surface area contributed by atoms with E-state index in [0.29, 0.717) is 30.3 Å². The van der Waals surface area contributed by atoms with E-state index in [0.717, 1.165) is 49.1 Å². The Morgan fingerprint density at radius 1 is 1.38 bits per heavy atom. The molecule has 2 fully saturated rings.